The summed E-state index contributed by atoms with van der Waals surface area (Å²) < 4.78 is 1.13. The average Bonchev–Trinajstić information content (AvgIpc) is 2.25. The smallest absolute Gasteiger partial charge is 0.0368 e. The molecular formula is C13H16BrN. The molecule has 0 saturated carbocycles. The molecule has 2 heteroatoms. The molecule has 1 aromatic carbocycles. The molecule has 1 nitrogen and oxygen atoms in total. The monoisotopic (exact) mass is 265 g/mol. The third-order valence-corrected chi connectivity index (χ3v) is 2.91. The van der Waals surface area contributed by atoms with E-state index in [-0.39, 0.29) is 0 Å². The fraction of sp³-hybridized carbons (Fsp3) is 0.231. The lowest BCUT2D eigenvalue weighted by molar-refractivity contribution is 0.573. The molecule has 0 spiro atoms. The van der Waals surface area contributed by atoms with Crippen molar-refractivity contribution < 1.29 is 0 Å². The first kappa shape index (κ1) is 12.2. The molecule has 0 aliphatic heterocycles. The maximum absolute atomic E-state index is 3.78. The zero-order valence-electron chi connectivity index (χ0n) is 8.75. The molecule has 0 heterocycles. The minimum atomic E-state index is 0.302. The van der Waals surface area contributed by atoms with E-state index in [1.165, 1.54) is 5.56 Å². The molecule has 1 aromatic rings. The normalized spacial score (nSPS) is 12.1. The van der Waals surface area contributed by atoms with Crippen LogP contribution in [0.1, 0.15) is 18.0 Å². The van der Waals surface area contributed by atoms with E-state index in [2.05, 4.69) is 46.5 Å². The van der Waals surface area contributed by atoms with Gasteiger partial charge in [-0.15, -0.1) is 13.2 Å². The highest BCUT2D eigenvalue weighted by Crippen LogP contribution is 2.25. The highest BCUT2D eigenvalue weighted by Gasteiger charge is 2.10. The van der Waals surface area contributed by atoms with E-state index in [1.807, 2.05) is 24.3 Å². The number of halogens is 1. The van der Waals surface area contributed by atoms with Crippen molar-refractivity contribution in [1.82, 2.24) is 5.32 Å². The predicted octanol–water partition coefficient (Wildman–Crippen LogP) is 3.84. The summed E-state index contributed by atoms with van der Waals surface area (Å²) in [6, 6.07) is 8.55. The number of hydrogen-bond acceptors (Lipinski definition) is 1. The van der Waals surface area contributed by atoms with E-state index in [1.54, 1.807) is 0 Å². The summed E-state index contributed by atoms with van der Waals surface area (Å²) >= 11 is 3.56. The summed E-state index contributed by atoms with van der Waals surface area (Å²) in [4.78, 5) is 0. The van der Waals surface area contributed by atoms with Gasteiger partial charge in [0, 0.05) is 17.1 Å². The Morgan fingerprint density at radius 3 is 2.60 bits per heavy atom. The molecule has 1 rings (SSSR count). The van der Waals surface area contributed by atoms with Crippen LogP contribution in [0.2, 0.25) is 0 Å². The highest BCUT2D eigenvalue weighted by atomic mass is 79.9. The van der Waals surface area contributed by atoms with Crippen LogP contribution in [0.5, 0.6) is 0 Å². The van der Waals surface area contributed by atoms with Crippen LogP contribution in [0.3, 0.4) is 0 Å². The fourth-order valence-electron chi connectivity index (χ4n) is 1.47. The predicted molar refractivity (Wildman–Crippen MR) is 69.9 cm³/mol. The first-order valence-electron chi connectivity index (χ1n) is 4.99. The molecule has 15 heavy (non-hydrogen) atoms. The molecule has 0 amide bonds. The van der Waals surface area contributed by atoms with Crippen molar-refractivity contribution in [2.24, 2.45) is 0 Å². The van der Waals surface area contributed by atoms with Gasteiger partial charge in [0.25, 0.3) is 0 Å². The van der Waals surface area contributed by atoms with Gasteiger partial charge in [-0.1, -0.05) is 46.3 Å². The molecule has 0 saturated heterocycles. The van der Waals surface area contributed by atoms with Crippen LogP contribution in [0.4, 0.5) is 0 Å². The topological polar surface area (TPSA) is 12.0 Å². The van der Waals surface area contributed by atoms with E-state index in [9.17, 15) is 0 Å². The third-order valence-electron chi connectivity index (χ3n) is 2.19. The second kappa shape index (κ2) is 6.59. The van der Waals surface area contributed by atoms with Gasteiger partial charge in [-0.05, 0) is 18.1 Å². The van der Waals surface area contributed by atoms with Crippen molar-refractivity contribution >= 4 is 15.9 Å². The first-order valence-corrected chi connectivity index (χ1v) is 5.78. The molecule has 1 atom stereocenters. The van der Waals surface area contributed by atoms with Gasteiger partial charge >= 0.3 is 0 Å². The van der Waals surface area contributed by atoms with Crippen LogP contribution in [0.15, 0.2) is 54.0 Å². The van der Waals surface area contributed by atoms with Crippen molar-refractivity contribution in [3.05, 3.63) is 59.6 Å². The summed E-state index contributed by atoms with van der Waals surface area (Å²) in [5.74, 6) is 0. The van der Waals surface area contributed by atoms with E-state index < -0.39 is 0 Å². The molecule has 0 aliphatic carbocycles. The Hall–Kier alpha value is -0.860. The van der Waals surface area contributed by atoms with Crippen molar-refractivity contribution in [3.8, 4) is 0 Å². The molecular weight excluding hydrogens is 250 g/mol. The van der Waals surface area contributed by atoms with Crippen LogP contribution in [0.25, 0.3) is 0 Å². The van der Waals surface area contributed by atoms with Crippen molar-refractivity contribution in [2.75, 3.05) is 6.54 Å². The van der Waals surface area contributed by atoms with Crippen LogP contribution in [-0.4, -0.2) is 6.54 Å². The summed E-state index contributed by atoms with van der Waals surface area (Å²) in [5.41, 5.74) is 1.26. The van der Waals surface area contributed by atoms with Crippen molar-refractivity contribution in [2.45, 2.75) is 12.5 Å². The van der Waals surface area contributed by atoms with Gasteiger partial charge < -0.3 is 5.32 Å². The molecule has 80 valence electrons. The van der Waals surface area contributed by atoms with Gasteiger partial charge in [0.15, 0.2) is 0 Å². The Labute approximate surface area is 100 Å². The van der Waals surface area contributed by atoms with Gasteiger partial charge in [-0.25, -0.2) is 0 Å². The van der Waals surface area contributed by atoms with E-state index in [0.717, 1.165) is 17.4 Å². The Morgan fingerprint density at radius 2 is 2.00 bits per heavy atom. The lowest BCUT2D eigenvalue weighted by Gasteiger charge is -2.18. The molecule has 0 bridgehead atoms. The zero-order valence-corrected chi connectivity index (χ0v) is 10.3. The second-order valence-electron chi connectivity index (χ2n) is 3.30. The third kappa shape index (κ3) is 3.65. The zero-order chi connectivity index (χ0) is 11.1. The number of nitrogens with one attached hydrogen (secondary N) is 1. The van der Waals surface area contributed by atoms with Crippen LogP contribution >= 0.6 is 15.9 Å². The largest absolute Gasteiger partial charge is 0.306 e. The Balaban J connectivity index is 2.82. The number of hydrogen-bond donors (Lipinski definition) is 1. The minimum Gasteiger partial charge on any atom is -0.306 e. The molecule has 0 aromatic heterocycles. The second-order valence-corrected chi connectivity index (χ2v) is 4.15. The Kier molecular flexibility index (Phi) is 5.37. The number of rotatable bonds is 6. The van der Waals surface area contributed by atoms with Crippen molar-refractivity contribution in [1.29, 1.82) is 0 Å². The Morgan fingerprint density at radius 1 is 1.27 bits per heavy atom. The van der Waals surface area contributed by atoms with Gasteiger partial charge in [-0.2, -0.15) is 0 Å². The standard InChI is InChI=1S/C13H16BrN/c1-3-7-13(15-10-4-2)11-8-5-6-9-12(11)14/h3-6,8-9,13,15H,1-2,7,10H2. The first-order chi connectivity index (χ1) is 7.29. The minimum absolute atomic E-state index is 0.302. The summed E-state index contributed by atoms with van der Waals surface area (Å²) in [5, 5.41) is 3.41. The number of benzene rings is 1. The van der Waals surface area contributed by atoms with Crippen LogP contribution in [-0.2, 0) is 0 Å². The summed E-state index contributed by atoms with van der Waals surface area (Å²) in [6.07, 6.45) is 4.71. The molecule has 0 aliphatic rings. The van der Waals surface area contributed by atoms with Gasteiger partial charge in [0.1, 0.15) is 0 Å². The summed E-state index contributed by atoms with van der Waals surface area (Å²) in [7, 11) is 0. The van der Waals surface area contributed by atoms with E-state index in [4.69, 9.17) is 0 Å². The van der Waals surface area contributed by atoms with Crippen molar-refractivity contribution in [3.63, 3.8) is 0 Å². The quantitative estimate of drug-likeness (QED) is 0.771. The average molecular weight is 266 g/mol. The lowest BCUT2D eigenvalue weighted by atomic mass is 10.0. The van der Waals surface area contributed by atoms with E-state index >= 15 is 0 Å². The SMILES string of the molecule is C=CCNC(CC=C)c1ccccc1Br. The van der Waals surface area contributed by atoms with Gasteiger partial charge in [-0.3, -0.25) is 0 Å². The van der Waals surface area contributed by atoms with E-state index in [0.29, 0.717) is 6.04 Å². The highest BCUT2D eigenvalue weighted by molar-refractivity contribution is 9.10. The molecule has 0 fully saturated rings. The summed E-state index contributed by atoms with van der Waals surface area (Å²) in [6.45, 7) is 8.30. The molecule has 1 N–H and O–H groups in total. The van der Waals surface area contributed by atoms with Gasteiger partial charge in [0.05, 0.1) is 0 Å². The van der Waals surface area contributed by atoms with Crippen LogP contribution < -0.4 is 5.32 Å². The lowest BCUT2D eigenvalue weighted by Crippen LogP contribution is -2.21. The van der Waals surface area contributed by atoms with Crippen LogP contribution in [0, 0.1) is 0 Å². The fourth-order valence-corrected chi connectivity index (χ4v) is 2.03. The maximum atomic E-state index is 3.78. The Bertz CT molecular complexity index is 333. The van der Waals surface area contributed by atoms with Gasteiger partial charge in [0.2, 0.25) is 0 Å². The maximum Gasteiger partial charge on any atom is 0.0368 e. The molecule has 0 radical (unpaired) electrons. The molecule has 1 unspecified atom stereocenters.